The normalized spacial score (nSPS) is 11.6. The molecular weight excluding hydrogens is 290 g/mol. The average molecular weight is 307 g/mol. The topological polar surface area (TPSA) is 52.6 Å². The van der Waals surface area contributed by atoms with E-state index in [0.717, 1.165) is 28.1 Å². The van der Waals surface area contributed by atoms with Crippen molar-refractivity contribution < 1.29 is 9.15 Å². The molecule has 0 bridgehead atoms. The van der Waals surface area contributed by atoms with Crippen LogP contribution in [0.5, 0.6) is 5.88 Å². The molecule has 23 heavy (non-hydrogen) atoms. The Bertz CT molecular complexity index is 936. The highest BCUT2D eigenvalue weighted by molar-refractivity contribution is 5.82. The van der Waals surface area contributed by atoms with Gasteiger partial charge in [0.05, 0.1) is 12.8 Å². The van der Waals surface area contributed by atoms with Gasteiger partial charge in [0.25, 0.3) is 0 Å². The Balaban J connectivity index is 1.78. The van der Waals surface area contributed by atoms with Gasteiger partial charge in [0.15, 0.2) is 11.4 Å². The van der Waals surface area contributed by atoms with Gasteiger partial charge in [-0.3, -0.25) is 0 Å². The molecule has 0 spiro atoms. The quantitative estimate of drug-likeness (QED) is 0.567. The lowest BCUT2D eigenvalue weighted by atomic mass is 10.2. The highest BCUT2D eigenvalue weighted by atomic mass is 16.5. The highest BCUT2D eigenvalue weighted by Gasteiger charge is 2.13. The van der Waals surface area contributed by atoms with Gasteiger partial charge >= 0.3 is 0 Å². The second-order valence-electron chi connectivity index (χ2n) is 5.94. The minimum absolute atomic E-state index is 0.449. The van der Waals surface area contributed by atoms with Crippen molar-refractivity contribution in [3.63, 3.8) is 0 Å². The predicted octanol–water partition coefficient (Wildman–Crippen LogP) is 4.18. The molecule has 0 radical (unpaired) electrons. The molecule has 0 aliphatic rings. The summed E-state index contributed by atoms with van der Waals surface area (Å²) in [6.45, 7) is 4.85. The van der Waals surface area contributed by atoms with Gasteiger partial charge in [0.2, 0.25) is 5.88 Å². The number of ether oxygens (including phenoxy) is 1. The summed E-state index contributed by atoms with van der Waals surface area (Å²) >= 11 is 0. The average Bonchev–Trinajstić information content (AvgIpc) is 3.15. The minimum Gasteiger partial charge on any atom is -0.476 e. The highest BCUT2D eigenvalue weighted by Crippen LogP contribution is 2.28. The van der Waals surface area contributed by atoms with E-state index >= 15 is 0 Å². The first-order valence-corrected chi connectivity index (χ1v) is 7.67. The van der Waals surface area contributed by atoms with E-state index in [9.17, 15) is 0 Å². The fourth-order valence-electron chi connectivity index (χ4n) is 2.46. The molecule has 0 saturated heterocycles. The summed E-state index contributed by atoms with van der Waals surface area (Å²) < 4.78 is 13.4. The van der Waals surface area contributed by atoms with Crippen LogP contribution in [0.3, 0.4) is 0 Å². The molecule has 3 aromatic heterocycles. The van der Waals surface area contributed by atoms with E-state index in [-0.39, 0.29) is 0 Å². The summed E-state index contributed by atoms with van der Waals surface area (Å²) in [5, 5.41) is 5.59. The Labute approximate surface area is 133 Å². The summed E-state index contributed by atoms with van der Waals surface area (Å²) in [4.78, 5) is 4.39. The number of furan rings is 1. The van der Waals surface area contributed by atoms with E-state index in [2.05, 4.69) is 23.9 Å². The number of hydrogen-bond donors (Lipinski definition) is 0. The molecule has 5 heteroatoms. The van der Waals surface area contributed by atoms with Crippen LogP contribution >= 0.6 is 0 Å². The smallest absolute Gasteiger partial charge is 0.231 e. The molecule has 0 fully saturated rings. The van der Waals surface area contributed by atoms with Crippen LogP contribution in [0.2, 0.25) is 0 Å². The third-order valence-corrected chi connectivity index (χ3v) is 3.58. The molecule has 5 nitrogen and oxygen atoms in total. The molecule has 116 valence electrons. The third-order valence-electron chi connectivity index (χ3n) is 3.58. The molecule has 0 saturated carbocycles. The van der Waals surface area contributed by atoms with Crippen LogP contribution in [0.25, 0.3) is 28.1 Å². The SMILES string of the molecule is CC(C)COc1ccc2ncc(-c3cc4ccccc4o3)n2n1. The van der Waals surface area contributed by atoms with E-state index in [1.807, 2.05) is 42.5 Å². The molecule has 0 aliphatic heterocycles. The fourth-order valence-corrected chi connectivity index (χ4v) is 2.46. The van der Waals surface area contributed by atoms with Gasteiger partial charge in [-0.15, -0.1) is 5.10 Å². The maximum atomic E-state index is 5.92. The summed E-state index contributed by atoms with van der Waals surface area (Å²) in [6.07, 6.45) is 1.77. The summed E-state index contributed by atoms with van der Waals surface area (Å²) in [6, 6.07) is 13.7. The Morgan fingerprint density at radius 1 is 1.17 bits per heavy atom. The first kappa shape index (κ1) is 13.8. The lowest BCUT2D eigenvalue weighted by Gasteiger charge is -2.07. The van der Waals surface area contributed by atoms with E-state index in [4.69, 9.17) is 9.15 Å². The first-order chi connectivity index (χ1) is 11.2. The number of para-hydroxylation sites is 1. The lowest BCUT2D eigenvalue weighted by Crippen LogP contribution is -2.07. The van der Waals surface area contributed by atoms with Gasteiger partial charge in [-0.1, -0.05) is 32.0 Å². The number of imidazole rings is 1. The van der Waals surface area contributed by atoms with Crippen molar-refractivity contribution in [3.8, 4) is 17.3 Å². The van der Waals surface area contributed by atoms with Gasteiger partial charge in [-0.05, 0) is 24.1 Å². The summed E-state index contributed by atoms with van der Waals surface area (Å²) in [5.74, 6) is 1.78. The van der Waals surface area contributed by atoms with Crippen molar-refractivity contribution in [1.29, 1.82) is 0 Å². The Morgan fingerprint density at radius 2 is 2.04 bits per heavy atom. The van der Waals surface area contributed by atoms with Gasteiger partial charge < -0.3 is 9.15 Å². The standard InChI is InChI=1S/C18H17N3O2/c1-12(2)11-22-18-8-7-17-19-10-14(21(17)20-18)16-9-13-5-3-4-6-15(13)23-16/h3-10,12H,11H2,1-2H3. The zero-order chi connectivity index (χ0) is 15.8. The molecule has 1 aromatic carbocycles. The lowest BCUT2D eigenvalue weighted by molar-refractivity contribution is 0.258. The zero-order valence-electron chi connectivity index (χ0n) is 13.1. The molecule has 0 amide bonds. The van der Waals surface area contributed by atoms with Crippen LogP contribution in [0.15, 0.2) is 53.1 Å². The molecule has 0 atom stereocenters. The molecule has 3 heterocycles. The molecule has 0 unspecified atom stereocenters. The van der Waals surface area contributed by atoms with Crippen molar-refractivity contribution in [2.24, 2.45) is 5.92 Å². The number of fused-ring (bicyclic) bond motifs is 2. The Hall–Kier alpha value is -2.82. The molecule has 4 rings (SSSR count). The van der Waals surface area contributed by atoms with Crippen LogP contribution < -0.4 is 4.74 Å². The predicted molar refractivity (Wildman–Crippen MR) is 88.5 cm³/mol. The second kappa shape index (κ2) is 5.43. The Morgan fingerprint density at radius 3 is 2.87 bits per heavy atom. The van der Waals surface area contributed by atoms with Crippen LogP contribution in [0.4, 0.5) is 0 Å². The maximum Gasteiger partial charge on any atom is 0.231 e. The van der Waals surface area contributed by atoms with Crippen molar-refractivity contribution in [2.45, 2.75) is 13.8 Å². The van der Waals surface area contributed by atoms with Gasteiger partial charge in [0, 0.05) is 11.5 Å². The largest absolute Gasteiger partial charge is 0.476 e. The number of benzene rings is 1. The number of aromatic nitrogens is 3. The van der Waals surface area contributed by atoms with E-state index in [1.165, 1.54) is 0 Å². The van der Waals surface area contributed by atoms with Crippen LogP contribution in [-0.4, -0.2) is 21.2 Å². The van der Waals surface area contributed by atoms with Gasteiger partial charge in [0.1, 0.15) is 11.3 Å². The fraction of sp³-hybridized carbons (Fsp3) is 0.222. The van der Waals surface area contributed by atoms with E-state index in [1.54, 1.807) is 10.7 Å². The zero-order valence-corrected chi connectivity index (χ0v) is 13.1. The molecular formula is C18H17N3O2. The number of nitrogens with zero attached hydrogens (tertiary/aromatic N) is 3. The van der Waals surface area contributed by atoms with Gasteiger partial charge in [-0.2, -0.15) is 0 Å². The first-order valence-electron chi connectivity index (χ1n) is 7.67. The number of hydrogen-bond acceptors (Lipinski definition) is 4. The maximum absolute atomic E-state index is 5.92. The molecule has 0 N–H and O–H groups in total. The second-order valence-corrected chi connectivity index (χ2v) is 5.94. The monoisotopic (exact) mass is 307 g/mol. The van der Waals surface area contributed by atoms with Gasteiger partial charge in [-0.25, -0.2) is 9.50 Å². The minimum atomic E-state index is 0.449. The Kier molecular flexibility index (Phi) is 3.26. The van der Waals surface area contributed by atoms with Crippen molar-refractivity contribution in [3.05, 3.63) is 48.7 Å². The number of rotatable bonds is 4. The van der Waals surface area contributed by atoms with Crippen LogP contribution in [0, 0.1) is 5.92 Å². The summed E-state index contributed by atoms with van der Waals surface area (Å²) in [7, 11) is 0. The molecule has 4 aromatic rings. The summed E-state index contributed by atoms with van der Waals surface area (Å²) in [5.41, 5.74) is 2.42. The van der Waals surface area contributed by atoms with Crippen molar-refractivity contribution in [2.75, 3.05) is 6.61 Å². The van der Waals surface area contributed by atoms with Crippen molar-refractivity contribution >= 4 is 16.6 Å². The van der Waals surface area contributed by atoms with Crippen molar-refractivity contribution in [1.82, 2.24) is 14.6 Å². The van der Waals surface area contributed by atoms with Crippen LogP contribution in [-0.2, 0) is 0 Å². The third kappa shape index (κ3) is 2.54. The van der Waals surface area contributed by atoms with Crippen LogP contribution in [0.1, 0.15) is 13.8 Å². The molecule has 0 aliphatic carbocycles. The van der Waals surface area contributed by atoms with E-state index < -0.39 is 0 Å². The van der Waals surface area contributed by atoms with E-state index in [0.29, 0.717) is 18.4 Å².